The van der Waals surface area contributed by atoms with Gasteiger partial charge in [0.25, 0.3) is 0 Å². The second-order valence-electron chi connectivity index (χ2n) is 6.73. The highest BCUT2D eigenvalue weighted by molar-refractivity contribution is 5.96. The van der Waals surface area contributed by atoms with Crippen LogP contribution in [0, 0.1) is 0 Å². The Morgan fingerprint density at radius 1 is 0.893 bits per heavy atom. The van der Waals surface area contributed by atoms with Gasteiger partial charge in [0.05, 0.1) is 18.9 Å². The Bertz CT molecular complexity index is 959. The minimum Gasteiger partial charge on any atom is -0.419 e. The van der Waals surface area contributed by atoms with Crippen molar-refractivity contribution in [1.82, 2.24) is 0 Å². The van der Waals surface area contributed by atoms with Crippen LogP contribution in [0.5, 0.6) is 0 Å². The first-order valence-corrected chi connectivity index (χ1v) is 9.34. The van der Waals surface area contributed by atoms with Crippen molar-refractivity contribution < 1.29 is 14.2 Å². The monoisotopic (exact) mass is 372 g/mol. The van der Waals surface area contributed by atoms with E-state index in [-0.39, 0.29) is 6.10 Å². The summed E-state index contributed by atoms with van der Waals surface area (Å²) in [6.45, 7) is 1.14. The highest BCUT2D eigenvalue weighted by atomic mass is 16.7. The van der Waals surface area contributed by atoms with Crippen molar-refractivity contribution in [3.63, 3.8) is 0 Å². The first-order chi connectivity index (χ1) is 13.9. The molecule has 0 aliphatic carbocycles. The van der Waals surface area contributed by atoms with Crippen LogP contribution in [0.1, 0.15) is 11.1 Å². The SMILES string of the molecule is c1ccc(C2=NN(c3ccccc3)C(OCC3CO3)(c3ccccc3)O2)cc1. The molecule has 2 heterocycles. The molecule has 0 radical (unpaired) electrons. The number of rotatable bonds is 6. The summed E-state index contributed by atoms with van der Waals surface area (Å²) in [7, 11) is 0. The third kappa shape index (κ3) is 3.15. The number of benzene rings is 3. The minimum absolute atomic E-state index is 0.0996. The Kier molecular flexibility index (Phi) is 4.31. The maximum Gasteiger partial charge on any atom is 0.344 e. The Morgan fingerprint density at radius 2 is 1.50 bits per heavy atom. The lowest BCUT2D eigenvalue weighted by molar-refractivity contribution is -0.191. The maximum atomic E-state index is 6.46. The topological polar surface area (TPSA) is 46.6 Å². The molecule has 0 spiro atoms. The number of ether oxygens (including phenoxy) is 3. The molecular weight excluding hydrogens is 352 g/mol. The van der Waals surface area contributed by atoms with Crippen molar-refractivity contribution in [2.45, 2.75) is 12.0 Å². The zero-order valence-corrected chi connectivity index (χ0v) is 15.3. The van der Waals surface area contributed by atoms with Crippen LogP contribution in [0.2, 0.25) is 0 Å². The van der Waals surface area contributed by atoms with E-state index in [0.29, 0.717) is 19.1 Å². The van der Waals surface area contributed by atoms with Gasteiger partial charge in [-0.25, -0.2) is 0 Å². The zero-order valence-electron chi connectivity index (χ0n) is 15.3. The van der Waals surface area contributed by atoms with Crippen LogP contribution in [0.4, 0.5) is 5.69 Å². The fourth-order valence-corrected chi connectivity index (χ4v) is 3.22. The van der Waals surface area contributed by atoms with Gasteiger partial charge < -0.3 is 14.2 Å². The Hall–Kier alpha value is -3.15. The van der Waals surface area contributed by atoms with Crippen LogP contribution in [-0.4, -0.2) is 25.2 Å². The molecule has 3 aromatic carbocycles. The summed E-state index contributed by atoms with van der Waals surface area (Å²) in [5.41, 5.74) is 2.65. The van der Waals surface area contributed by atoms with Crippen molar-refractivity contribution >= 4 is 11.6 Å². The average Bonchev–Trinajstić information content (AvgIpc) is 3.53. The van der Waals surface area contributed by atoms with Crippen molar-refractivity contribution in [3.05, 3.63) is 102 Å². The Labute approximate surface area is 163 Å². The molecule has 2 atom stereocenters. The van der Waals surface area contributed by atoms with Gasteiger partial charge in [-0.05, 0) is 24.3 Å². The standard InChI is InChI=1S/C23H20N2O3/c1-4-10-18(11-5-1)22-24-25(20-14-8-3-9-15-20)23(28-22,27-17-21-16-26-21)19-12-6-2-7-13-19/h1-15,21H,16-17H2. The summed E-state index contributed by atoms with van der Waals surface area (Å²) >= 11 is 0. The van der Waals surface area contributed by atoms with Gasteiger partial charge >= 0.3 is 5.91 Å². The van der Waals surface area contributed by atoms with Crippen molar-refractivity contribution in [3.8, 4) is 0 Å². The average molecular weight is 372 g/mol. The lowest BCUT2D eigenvalue weighted by atomic mass is 10.1. The number of nitrogens with zero attached hydrogens (tertiary/aromatic N) is 2. The quantitative estimate of drug-likeness (QED) is 0.611. The smallest absolute Gasteiger partial charge is 0.344 e. The van der Waals surface area contributed by atoms with Gasteiger partial charge in [0.15, 0.2) is 0 Å². The molecule has 0 saturated carbocycles. The van der Waals surface area contributed by atoms with Crippen molar-refractivity contribution in [1.29, 1.82) is 0 Å². The highest BCUT2D eigenvalue weighted by Crippen LogP contribution is 2.41. The molecule has 0 N–H and O–H groups in total. The van der Waals surface area contributed by atoms with E-state index in [2.05, 4.69) is 0 Å². The molecule has 2 aliphatic rings. The third-order valence-electron chi connectivity index (χ3n) is 4.73. The number of hydrogen-bond acceptors (Lipinski definition) is 5. The third-order valence-corrected chi connectivity index (χ3v) is 4.73. The Balaban J connectivity index is 1.62. The molecule has 5 nitrogen and oxygen atoms in total. The highest BCUT2D eigenvalue weighted by Gasteiger charge is 2.50. The van der Waals surface area contributed by atoms with E-state index in [1.807, 2.05) is 96.0 Å². The van der Waals surface area contributed by atoms with Gasteiger partial charge in [-0.3, -0.25) is 0 Å². The van der Waals surface area contributed by atoms with Crippen molar-refractivity contribution in [2.75, 3.05) is 18.2 Å². The second kappa shape index (κ2) is 7.11. The molecule has 2 unspecified atom stereocenters. The summed E-state index contributed by atoms with van der Waals surface area (Å²) in [4.78, 5) is 0. The van der Waals surface area contributed by atoms with Crippen LogP contribution < -0.4 is 5.01 Å². The Morgan fingerprint density at radius 3 is 2.14 bits per heavy atom. The molecule has 0 amide bonds. The number of hydrogen-bond donors (Lipinski definition) is 0. The molecule has 1 fully saturated rings. The molecule has 0 bridgehead atoms. The molecule has 140 valence electrons. The predicted octanol–water partition coefficient (Wildman–Crippen LogP) is 4.11. The normalized spacial score (nSPS) is 23.2. The van der Waals surface area contributed by atoms with Crippen LogP contribution in [0.15, 0.2) is 96.1 Å². The second-order valence-corrected chi connectivity index (χ2v) is 6.73. The molecule has 28 heavy (non-hydrogen) atoms. The molecule has 1 saturated heterocycles. The van der Waals surface area contributed by atoms with Crippen LogP contribution in [0.25, 0.3) is 0 Å². The van der Waals surface area contributed by atoms with Gasteiger partial charge in [-0.15, -0.1) is 5.10 Å². The van der Waals surface area contributed by atoms with Gasteiger partial charge in [0.2, 0.25) is 5.90 Å². The summed E-state index contributed by atoms with van der Waals surface area (Å²) in [5, 5.41) is 6.63. The lowest BCUT2D eigenvalue weighted by Gasteiger charge is -2.35. The fraction of sp³-hybridized carbons (Fsp3) is 0.174. The van der Waals surface area contributed by atoms with Gasteiger partial charge in [-0.1, -0.05) is 66.7 Å². The molecule has 0 aromatic heterocycles. The number of para-hydroxylation sites is 1. The number of anilines is 1. The summed E-state index contributed by atoms with van der Waals surface area (Å²) in [6, 6.07) is 29.7. The molecule has 5 heteroatoms. The van der Waals surface area contributed by atoms with E-state index in [0.717, 1.165) is 16.8 Å². The van der Waals surface area contributed by atoms with Crippen LogP contribution in [-0.2, 0) is 20.1 Å². The van der Waals surface area contributed by atoms with Crippen LogP contribution >= 0.6 is 0 Å². The fourth-order valence-electron chi connectivity index (χ4n) is 3.22. The summed E-state index contributed by atoms with van der Waals surface area (Å²) in [6.07, 6.45) is 0.0996. The van der Waals surface area contributed by atoms with E-state index < -0.39 is 5.91 Å². The van der Waals surface area contributed by atoms with Crippen LogP contribution in [0.3, 0.4) is 0 Å². The van der Waals surface area contributed by atoms with Crippen molar-refractivity contribution in [2.24, 2.45) is 5.10 Å². The maximum absolute atomic E-state index is 6.46. The van der Waals surface area contributed by atoms with Gasteiger partial charge in [0, 0.05) is 11.1 Å². The van der Waals surface area contributed by atoms with E-state index >= 15 is 0 Å². The largest absolute Gasteiger partial charge is 0.419 e. The molecular formula is C23H20N2O3. The zero-order chi connectivity index (χ0) is 18.8. The number of epoxide rings is 1. The summed E-state index contributed by atoms with van der Waals surface area (Å²) in [5.74, 6) is -0.676. The van der Waals surface area contributed by atoms with E-state index in [4.69, 9.17) is 19.3 Å². The van der Waals surface area contributed by atoms with Gasteiger partial charge in [0.1, 0.15) is 6.10 Å². The van der Waals surface area contributed by atoms with E-state index in [1.165, 1.54) is 0 Å². The first-order valence-electron chi connectivity index (χ1n) is 9.34. The lowest BCUT2D eigenvalue weighted by Crippen LogP contribution is -2.45. The van der Waals surface area contributed by atoms with E-state index in [9.17, 15) is 0 Å². The van der Waals surface area contributed by atoms with E-state index in [1.54, 1.807) is 0 Å². The first kappa shape index (κ1) is 17.0. The molecule has 3 aromatic rings. The minimum atomic E-state index is -1.19. The molecule has 5 rings (SSSR count). The number of hydrazone groups is 1. The predicted molar refractivity (Wildman–Crippen MR) is 107 cm³/mol. The van der Waals surface area contributed by atoms with Gasteiger partial charge in [-0.2, -0.15) is 5.01 Å². The summed E-state index contributed by atoms with van der Waals surface area (Å²) < 4.78 is 18.2. The molecule has 2 aliphatic heterocycles.